The number of anilines is 2. The SMILES string of the molecule is O=C(Nc1ccc2cnccc2c1)[C@@H]1C[C@H]1c1ccc(S(=O)(=O)Nc2ccccn2)cc1. The number of hydrogen-bond acceptors (Lipinski definition) is 5. The summed E-state index contributed by atoms with van der Waals surface area (Å²) in [6.45, 7) is 0. The molecule has 0 unspecified atom stereocenters. The number of nitrogens with zero attached hydrogens (tertiary/aromatic N) is 2. The number of hydrogen-bond donors (Lipinski definition) is 2. The van der Waals surface area contributed by atoms with E-state index in [0.717, 1.165) is 28.4 Å². The van der Waals surface area contributed by atoms with Crippen LogP contribution in [0.5, 0.6) is 0 Å². The van der Waals surface area contributed by atoms with E-state index in [0.29, 0.717) is 0 Å². The van der Waals surface area contributed by atoms with E-state index in [1.54, 1.807) is 54.9 Å². The maximum absolute atomic E-state index is 12.7. The summed E-state index contributed by atoms with van der Waals surface area (Å²) >= 11 is 0. The van der Waals surface area contributed by atoms with Gasteiger partial charge in [0.05, 0.1) is 4.90 Å². The van der Waals surface area contributed by atoms with Gasteiger partial charge in [-0.1, -0.05) is 24.3 Å². The Labute approximate surface area is 185 Å². The number of rotatable bonds is 6. The van der Waals surface area contributed by atoms with Gasteiger partial charge in [0.15, 0.2) is 0 Å². The molecule has 32 heavy (non-hydrogen) atoms. The molecule has 1 saturated carbocycles. The first-order chi connectivity index (χ1) is 15.5. The molecule has 7 nitrogen and oxygen atoms in total. The summed E-state index contributed by atoms with van der Waals surface area (Å²) in [4.78, 5) is 20.9. The molecular formula is C24H20N4O3S. The third-order valence-corrected chi connectivity index (χ3v) is 6.93. The number of sulfonamides is 1. The average molecular weight is 445 g/mol. The van der Waals surface area contributed by atoms with Gasteiger partial charge in [0.1, 0.15) is 5.82 Å². The standard InChI is InChI=1S/C24H20N4O3S/c29-24(27-19-7-4-18-15-25-12-10-17(18)13-19)22-14-21(22)16-5-8-20(9-6-16)32(30,31)28-23-3-1-2-11-26-23/h1-13,15,21-22H,14H2,(H,26,28)(H,27,29)/t21-,22+/m0/s1. The first kappa shape index (κ1) is 20.1. The zero-order valence-electron chi connectivity index (χ0n) is 17.0. The molecule has 4 aromatic rings. The first-order valence-corrected chi connectivity index (χ1v) is 11.7. The molecule has 1 aliphatic rings. The predicted octanol–water partition coefficient (Wildman–Crippen LogP) is 4.17. The van der Waals surface area contributed by atoms with Crippen LogP contribution in [0.4, 0.5) is 11.5 Å². The van der Waals surface area contributed by atoms with Gasteiger partial charge in [-0.15, -0.1) is 0 Å². The zero-order valence-corrected chi connectivity index (χ0v) is 17.8. The van der Waals surface area contributed by atoms with Gasteiger partial charge in [-0.2, -0.15) is 0 Å². The van der Waals surface area contributed by atoms with Crippen molar-refractivity contribution in [2.45, 2.75) is 17.2 Å². The van der Waals surface area contributed by atoms with E-state index >= 15 is 0 Å². The smallest absolute Gasteiger partial charge is 0.263 e. The van der Waals surface area contributed by atoms with Crippen LogP contribution in [0.3, 0.4) is 0 Å². The summed E-state index contributed by atoms with van der Waals surface area (Å²) in [5, 5.41) is 5.02. The fourth-order valence-electron chi connectivity index (χ4n) is 3.76. The molecule has 0 spiro atoms. The first-order valence-electron chi connectivity index (χ1n) is 10.2. The summed E-state index contributed by atoms with van der Waals surface area (Å²) in [6.07, 6.45) is 5.77. The van der Waals surface area contributed by atoms with Crippen molar-refractivity contribution in [3.05, 3.63) is 90.9 Å². The highest BCUT2D eigenvalue weighted by molar-refractivity contribution is 7.92. The summed E-state index contributed by atoms with van der Waals surface area (Å²) in [5.74, 6) is 0.190. The average Bonchev–Trinajstić information content (AvgIpc) is 3.61. The Morgan fingerprint density at radius 2 is 1.78 bits per heavy atom. The Hall–Kier alpha value is -3.78. The molecule has 160 valence electrons. The second-order valence-electron chi connectivity index (χ2n) is 7.77. The van der Waals surface area contributed by atoms with Crippen LogP contribution in [0.2, 0.25) is 0 Å². The highest BCUT2D eigenvalue weighted by Gasteiger charge is 2.44. The Morgan fingerprint density at radius 1 is 0.938 bits per heavy atom. The van der Waals surface area contributed by atoms with Crippen LogP contribution in [-0.4, -0.2) is 24.3 Å². The molecule has 0 saturated heterocycles. The Morgan fingerprint density at radius 3 is 2.56 bits per heavy atom. The molecule has 2 aromatic carbocycles. The molecule has 0 aliphatic heterocycles. The highest BCUT2D eigenvalue weighted by Crippen LogP contribution is 2.48. The van der Waals surface area contributed by atoms with Gasteiger partial charge in [-0.3, -0.25) is 14.5 Å². The fourth-order valence-corrected chi connectivity index (χ4v) is 4.77. The number of benzene rings is 2. The van der Waals surface area contributed by atoms with Gasteiger partial charge in [0, 0.05) is 35.6 Å². The van der Waals surface area contributed by atoms with Gasteiger partial charge in [-0.05, 0) is 65.8 Å². The topological polar surface area (TPSA) is 101 Å². The second-order valence-corrected chi connectivity index (χ2v) is 9.45. The van der Waals surface area contributed by atoms with Crippen LogP contribution in [-0.2, 0) is 14.8 Å². The van der Waals surface area contributed by atoms with Crippen LogP contribution in [0.25, 0.3) is 10.8 Å². The van der Waals surface area contributed by atoms with Crippen molar-refractivity contribution in [1.82, 2.24) is 9.97 Å². The normalized spacial score (nSPS) is 17.6. The van der Waals surface area contributed by atoms with Gasteiger partial charge in [-0.25, -0.2) is 13.4 Å². The number of carbonyl (C=O) groups excluding carboxylic acids is 1. The molecule has 2 atom stereocenters. The van der Waals surface area contributed by atoms with Crippen LogP contribution < -0.4 is 10.0 Å². The molecule has 0 radical (unpaired) electrons. The number of amides is 1. The highest BCUT2D eigenvalue weighted by atomic mass is 32.2. The molecular weight excluding hydrogens is 424 g/mol. The summed E-state index contributed by atoms with van der Waals surface area (Å²) in [6, 6.07) is 19.3. The lowest BCUT2D eigenvalue weighted by atomic mass is 10.1. The molecule has 2 heterocycles. The Bertz CT molecular complexity index is 1390. The molecule has 8 heteroatoms. The van der Waals surface area contributed by atoms with Crippen molar-refractivity contribution >= 4 is 38.2 Å². The van der Waals surface area contributed by atoms with Crippen molar-refractivity contribution in [3.63, 3.8) is 0 Å². The van der Waals surface area contributed by atoms with Crippen molar-refractivity contribution in [3.8, 4) is 0 Å². The fraction of sp³-hybridized carbons (Fsp3) is 0.125. The van der Waals surface area contributed by atoms with Crippen LogP contribution in [0.1, 0.15) is 17.9 Å². The minimum atomic E-state index is -3.72. The van der Waals surface area contributed by atoms with E-state index in [9.17, 15) is 13.2 Å². The second kappa shape index (κ2) is 8.05. The lowest BCUT2D eigenvalue weighted by molar-refractivity contribution is -0.117. The van der Waals surface area contributed by atoms with E-state index in [4.69, 9.17) is 0 Å². The summed E-state index contributed by atoms with van der Waals surface area (Å²) in [7, 11) is -3.72. The molecule has 2 aromatic heterocycles. The monoisotopic (exact) mass is 444 g/mol. The van der Waals surface area contributed by atoms with Crippen LogP contribution in [0.15, 0.2) is 90.2 Å². The van der Waals surface area contributed by atoms with Gasteiger partial charge < -0.3 is 5.32 Å². The molecule has 5 rings (SSSR count). The van der Waals surface area contributed by atoms with Gasteiger partial charge >= 0.3 is 0 Å². The maximum Gasteiger partial charge on any atom is 0.263 e. The number of carbonyl (C=O) groups is 1. The van der Waals surface area contributed by atoms with Crippen molar-refractivity contribution in [2.75, 3.05) is 10.0 Å². The Balaban J connectivity index is 1.24. The maximum atomic E-state index is 12.7. The number of aromatic nitrogens is 2. The van der Waals surface area contributed by atoms with Crippen molar-refractivity contribution < 1.29 is 13.2 Å². The third kappa shape index (κ3) is 4.17. The molecule has 1 aliphatic carbocycles. The van der Waals surface area contributed by atoms with E-state index in [1.807, 2.05) is 24.3 Å². The van der Waals surface area contributed by atoms with E-state index < -0.39 is 10.0 Å². The van der Waals surface area contributed by atoms with Crippen LogP contribution >= 0.6 is 0 Å². The largest absolute Gasteiger partial charge is 0.326 e. The third-order valence-electron chi connectivity index (χ3n) is 5.56. The number of fused-ring (bicyclic) bond motifs is 1. The van der Waals surface area contributed by atoms with Crippen molar-refractivity contribution in [1.29, 1.82) is 0 Å². The summed E-state index contributed by atoms with van der Waals surface area (Å²) in [5.41, 5.74) is 1.70. The molecule has 1 amide bonds. The quantitative estimate of drug-likeness (QED) is 0.465. The Kier molecular flexibility index (Phi) is 5.07. The lowest BCUT2D eigenvalue weighted by Gasteiger charge is -2.08. The minimum Gasteiger partial charge on any atom is -0.326 e. The van der Waals surface area contributed by atoms with Gasteiger partial charge in [0.25, 0.3) is 10.0 Å². The number of nitrogens with one attached hydrogen (secondary N) is 2. The van der Waals surface area contributed by atoms with E-state index in [1.165, 1.54) is 6.20 Å². The van der Waals surface area contributed by atoms with E-state index in [2.05, 4.69) is 20.0 Å². The van der Waals surface area contributed by atoms with Crippen molar-refractivity contribution in [2.24, 2.45) is 5.92 Å². The lowest BCUT2D eigenvalue weighted by Crippen LogP contribution is -2.15. The van der Waals surface area contributed by atoms with E-state index in [-0.39, 0.29) is 28.5 Å². The summed E-state index contributed by atoms with van der Waals surface area (Å²) < 4.78 is 27.6. The van der Waals surface area contributed by atoms with Gasteiger partial charge in [0.2, 0.25) is 5.91 Å². The predicted molar refractivity (Wildman–Crippen MR) is 123 cm³/mol. The molecule has 2 N–H and O–H groups in total. The molecule has 1 fully saturated rings. The number of pyridine rings is 2. The van der Waals surface area contributed by atoms with Crippen LogP contribution in [0, 0.1) is 5.92 Å². The minimum absolute atomic E-state index is 0.0306. The molecule has 0 bridgehead atoms. The zero-order chi connectivity index (χ0) is 22.1.